The summed E-state index contributed by atoms with van der Waals surface area (Å²) < 4.78 is 19.6. The Balaban J connectivity index is 0.000000254. The molecule has 174 valence electrons. The Morgan fingerprint density at radius 3 is 2.19 bits per heavy atom. The Hall–Kier alpha value is -1.70. The molecule has 3 aliphatic heterocycles. The van der Waals surface area contributed by atoms with E-state index in [4.69, 9.17) is 4.74 Å². The number of anilines is 2. The maximum absolute atomic E-state index is 14.3. The molecule has 0 aliphatic carbocycles. The van der Waals surface area contributed by atoms with Crippen LogP contribution in [0.1, 0.15) is 25.7 Å². The smallest absolute Gasteiger partial charge is 0.148 e. The first-order valence-corrected chi connectivity index (χ1v) is 11.7. The second kappa shape index (κ2) is 12.4. The molecule has 1 aromatic carbocycles. The predicted octanol–water partition coefficient (Wildman–Crippen LogP) is 2.94. The molecule has 6 nitrogen and oxygen atoms in total. The lowest BCUT2D eigenvalue weighted by atomic mass is 9.97. The first kappa shape index (κ1) is 24.0. The van der Waals surface area contributed by atoms with Gasteiger partial charge in [0.05, 0.1) is 18.9 Å². The van der Waals surface area contributed by atoms with E-state index in [0.717, 1.165) is 70.6 Å². The molecule has 0 amide bonds. The summed E-state index contributed by atoms with van der Waals surface area (Å²) in [5.74, 6) is 0.898. The molecule has 3 fully saturated rings. The molecule has 4 rings (SSSR count). The van der Waals surface area contributed by atoms with E-state index in [1.807, 2.05) is 12.1 Å². The van der Waals surface area contributed by atoms with Gasteiger partial charge in [0.25, 0.3) is 0 Å². The highest BCUT2D eigenvalue weighted by Crippen LogP contribution is 2.24. The zero-order valence-electron chi connectivity index (χ0n) is 19.2. The van der Waals surface area contributed by atoms with Crippen molar-refractivity contribution >= 4 is 17.7 Å². The van der Waals surface area contributed by atoms with Gasteiger partial charge in [-0.1, -0.05) is 0 Å². The molecular weight excluding hydrogens is 395 g/mol. The summed E-state index contributed by atoms with van der Waals surface area (Å²) in [6.07, 6.45) is 5.64. The third-order valence-electron chi connectivity index (χ3n) is 6.69. The second-order valence-corrected chi connectivity index (χ2v) is 9.17. The highest BCUT2D eigenvalue weighted by molar-refractivity contribution is 5.56. The molecule has 1 N–H and O–H groups in total. The van der Waals surface area contributed by atoms with E-state index < -0.39 is 0 Å². The van der Waals surface area contributed by atoms with E-state index >= 15 is 0 Å². The van der Waals surface area contributed by atoms with Gasteiger partial charge in [-0.3, -0.25) is 0 Å². The Labute approximate surface area is 186 Å². The molecule has 7 heteroatoms. The Bertz CT molecular complexity index is 668. The van der Waals surface area contributed by atoms with Crippen LogP contribution in [0, 0.1) is 17.7 Å². The summed E-state index contributed by atoms with van der Waals surface area (Å²) >= 11 is 0. The normalized spacial score (nSPS) is 22.0. The first-order chi connectivity index (χ1) is 15.0. The number of hydrogen-bond donors (Lipinski definition) is 1. The Morgan fingerprint density at radius 1 is 1.00 bits per heavy atom. The molecule has 0 bridgehead atoms. The fraction of sp³-hybridized carbons (Fsp3) is 0.708. The lowest BCUT2D eigenvalue weighted by molar-refractivity contribution is -0.112. The molecule has 1 aromatic rings. The average Bonchev–Trinajstić information content (AvgIpc) is 2.80. The van der Waals surface area contributed by atoms with Crippen LogP contribution < -0.4 is 10.2 Å². The van der Waals surface area contributed by atoms with Gasteiger partial charge in [0.1, 0.15) is 12.1 Å². The lowest BCUT2D eigenvalue weighted by Crippen LogP contribution is -2.36. The molecule has 0 saturated carbocycles. The topological polar surface area (TPSA) is 48.1 Å². The minimum Gasteiger partial charge on any atom is -0.385 e. The van der Waals surface area contributed by atoms with E-state index in [0.29, 0.717) is 30.7 Å². The van der Waals surface area contributed by atoms with Crippen molar-refractivity contribution in [2.45, 2.75) is 25.7 Å². The van der Waals surface area contributed by atoms with Crippen molar-refractivity contribution in [3.05, 3.63) is 24.0 Å². The Morgan fingerprint density at radius 2 is 1.61 bits per heavy atom. The summed E-state index contributed by atoms with van der Waals surface area (Å²) in [5, 5.41) is 3.40. The van der Waals surface area contributed by atoms with Crippen molar-refractivity contribution < 1.29 is 13.9 Å². The molecule has 3 heterocycles. The SMILES string of the molecule is CN1CCC(C=O)CC1.CN1CCC(CNc2ccc(N3CCOCC3)c(F)c2)CC1. The summed E-state index contributed by atoms with van der Waals surface area (Å²) in [6.45, 7) is 8.31. The molecular formula is C24H39FN4O2. The minimum atomic E-state index is -0.143. The van der Waals surface area contributed by atoms with Gasteiger partial charge in [0.15, 0.2) is 0 Å². The van der Waals surface area contributed by atoms with Crippen LogP contribution in [-0.2, 0) is 9.53 Å². The second-order valence-electron chi connectivity index (χ2n) is 9.17. The van der Waals surface area contributed by atoms with E-state index in [1.165, 1.54) is 12.8 Å². The number of nitrogens with zero attached hydrogens (tertiary/aromatic N) is 3. The number of aldehydes is 1. The van der Waals surface area contributed by atoms with E-state index in [9.17, 15) is 9.18 Å². The van der Waals surface area contributed by atoms with Gasteiger partial charge in [-0.25, -0.2) is 4.39 Å². The van der Waals surface area contributed by atoms with E-state index in [1.54, 1.807) is 6.07 Å². The van der Waals surface area contributed by atoms with E-state index in [2.05, 4.69) is 34.1 Å². The molecule has 0 spiro atoms. The Kier molecular flexibility index (Phi) is 9.55. The zero-order valence-corrected chi connectivity index (χ0v) is 19.2. The summed E-state index contributed by atoms with van der Waals surface area (Å²) in [7, 11) is 4.27. The minimum absolute atomic E-state index is 0.143. The fourth-order valence-corrected chi connectivity index (χ4v) is 4.37. The van der Waals surface area contributed by atoms with Crippen molar-refractivity contribution in [1.29, 1.82) is 0 Å². The highest BCUT2D eigenvalue weighted by atomic mass is 19.1. The number of carbonyl (C=O) groups is 1. The fourth-order valence-electron chi connectivity index (χ4n) is 4.37. The van der Waals surface area contributed by atoms with Gasteiger partial charge in [-0.15, -0.1) is 0 Å². The summed E-state index contributed by atoms with van der Waals surface area (Å²) in [6, 6.07) is 5.50. The molecule has 31 heavy (non-hydrogen) atoms. The highest BCUT2D eigenvalue weighted by Gasteiger charge is 2.18. The maximum atomic E-state index is 14.3. The van der Waals surface area contributed by atoms with Crippen molar-refractivity contribution in [3.8, 4) is 0 Å². The number of benzene rings is 1. The molecule has 0 unspecified atom stereocenters. The number of carbonyl (C=O) groups excluding carboxylic acids is 1. The van der Waals surface area contributed by atoms with Crippen molar-refractivity contribution in [3.63, 3.8) is 0 Å². The third-order valence-corrected chi connectivity index (χ3v) is 6.69. The number of morpholine rings is 1. The molecule has 0 atom stereocenters. The summed E-state index contributed by atoms with van der Waals surface area (Å²) in [4.78, 5) is 16.9. The van der Waals surface area contributed by atoms with Crippen LogP contribution in [-0.4, -0.2) is 89.2 Å². The van der Waals surface area contributed by atoms with Crippen LogP contribution in [0.4, 0.5) is 15.8 Å². The monoisotopic (exact) mass is 434 g/mol. The maximum Gasteiger partial charge on any atom is 0.148 e. The van der Waals surface area contributed by atoms with Gasteiger partial charge in [-0.05, 0) is 90.1 Å². The van der Waals surface area contributed by atoms with Crippen molar-refractivity contribution in [2.75, 3.05) is 83.3 Å². The van der Waals surface area contributed by atoms with Crippen LogP contribution in [0.15, 0.2) is 18.2 Å². The lowest BCUT2D eigenvalue weighted by Gasteiger charge is -2.30. The van der Waals surface area contributed by atoms with Gasteiger partial charge in [0, 0.05) is 31.2 Å². The van der Waals surface area contributed by atoms with Crippen LogP contribution in [0.3, 0.4) is 0 Å². The van der Waals surface area contributed by atoms with Gasteiger partial charge in [-0.2, -0.15) is 0 Å². The van der Waals surface area contributed by atoms with Crippen molar-refractivity contribution in [2.24, 2.45) is 11.8 Å². The number of hydrogen-bond acceptors (Lipinski definition) is 6. The van der Waals surface area contributed by atoms with Gasteiger partial charge < -0.3 is 29.5 Å². The van der Waals surface area contributed by atoms with Crippen LogP contribution in [0.2, 0.25) is 0 Å². The molecule has 0 radical (unpaired) electrons. The predicted molar refractivity (Wildman–Crippen MR) is 124 cm³/mol. The molecule has 0 aromatic heterocycles. The number of likely N-dealkylation sites (tertiary alicyclic amines) is 2. The quantitative estimate of drug-likeness (QED) is 0.719. The number of halogens is 1. The summed E-state index contributed by atoms with van der Waals surface area (Å²) in [5.41, 5.74) is 1.57. The zero-order chi connectivity index (χ0) is 22.1. The molecule has 3 aliphatic rings. The number of rotatable bonds is 5. The average molecular weight is 435 g/mol. The molecule has 3 saturated heterocycles. The van der Waals surface area contributed by atoms with E-state index in [-0.39, 0.29) is 5.82 Å². The van der Waals surface area contributed by atoms with Crippen LogP contribution >= 0.6 is 0 Å². The third kappa shape index (κ3) is 7.74. The van der Waals surface area contributed by atoms with Gasteiger partial charge >= 0.3 is 0 Å². The number of nitrogens with one attached hydrogen (secondary N) is 1. The van der Waals surface area contributed by atoms with Crippen molar-refractivity contribution in [1.82, 2.24) is 9.80 Å². The largest absolute Gasteiger partial charge is 0.385 e. The van der Waals surface area contributed by atoms with Gasteiger partial charge in [0.2, 0.25) is 0 Å². The van der Waals surface area contributed by atoms with Crippen LogP contribution in [0.5, 0.6) is 0 Å². The number of ether oxygens (including phenoxy) is 1. The standard InChI is InChI=1S/C17H26FN3O.C7H13NO/c1-20-6-4-14(5-7-20)13-19-15-2-3-17(16(18)12-15)21-8-10-22-11-9-21;1-8-4-2-7(6-9)3-5-8/h2-3,12,14,19H,4-11,13H2,1H3;6-7H,2-5H2,1H3. The number of piperidine rings is 2. The van der Waals surface area contributed by atoms with Crippen LogP contribution in [0.25, 0.3) is 0 Å². The first-order valence-electron chi connectivity index (χ1n) is 11.7.